The first-order valence-corrected chi connectivity index (χ1v) is 6.33. The molecule has 0 radical (unpaired) electrons. The molecule has 0 aliphatic rings. The first-order valence-electron chi connectivity index (χ1n) is 6.33. The standard InChI is InChI=1S/C14H20N4/c1-11-6-4-7-15-14(11)16-8-5-9-18-13(3)10-12(2)17-18/h4,6-7,10H,5,8-9H2,1-3H3,(H,15,16). The Kier molecular flexibility index (Phi) is 3.97. The summed E-state index contributed by atoms with van der Waals surface area (Å²) in [5, 5.41) is 7.80. The number of aromatic nitrogens is 3. The molecule has 2 heterocycles. The SMILES string of the molecule is Cc1cc(C)n(CCCNc2ncccc2C)n1. The Morgan fingerprint density at radius 1 is 1.28 bits per heavy atom. The van der Waals surface area contributed by atoms with Crippen LogP contribution in [0.3, 0.4) is 0 Å². The molecule has 0 saturated heterocycles. The van der Waals surface area contributed by atoms with Gasteiger partial charge >= 0.3 is 0 Å². The molecule has 18 heavy (non-hydrogen) atoms. The first-order chi connectivity index (χ1) is 8.66. The third kappa shape index (κ3) is 3.09. The van der Waals surface area contributed by atoms with E-state index in [1.807, 2.05) is 19.2 Å². The van der Waals surface area contributed by atoms with Crippen LogP contribution in [0.2, 0.25) is 0 Å². The summed E-state index contributed by atoms with van der Waals surface area (Å²) in [6.45, 7) is 8.04. The minimum Gasteiger partial charge on any atom is -0.370 e. The second-order valence-corrected chi connectivity index (χ2v) is 4.60. The highest BCUT2D eigenvalue weighted by molar-refractivity contribution is 5.42. The lowest BCUT2D eigenvalue weighted by molar-refractivity contribution is 0.573. The highest BCUT2D eigenvalue weighted by Gasteiger charge is 2.01. The van der Waals surface area contributed by atoms with Gasteiger partial charge in [0, 0.05) is 25.0 Å². The van der Waals surface area contributed by atoms with E-state index in [1.54, 1.807) is 0 Å². The molecule has 96 valence electrons. The molecular weight excluding hydrogens is 224 g/mol. The molecule has 0 spiro atoms. The van der Waals surface area contributed by atoms with Crippen molar-refractivity contribution in [3.8, 4) is 0 Å². The summed E-state index contributed by atoms with van der Waals surface area (Å²) in [6, 6.07) is 6.13. The molecule has 0 aliphatic heterocycles. The lowest BCUT2D eigenvalue weighted by Crippen LogP contribution is -2.10. The van der Waals surface area contributed by atoms with Gasteiger partial charge in [0.1, 0.15) is 5.82 Å². The van der Waals surface area contributed by atoms with E-state index in [0.717, 1.165) is 31.0 Å². The van der Waals surface area contributed by atoms with Crippen LogP contribution >= 0.6 is 0 Å². The van der Waals surface area contributed by atoms with Gasteiger partial charge in [-0.1, -0.05) is 6.07 Å². The number of nitrogens with one attached hydrogen (secondary N) is 1. The zero-order valence-electron chi connectivity index (χ0n) is 11.3. The Morgan fingerprint density at radius 2 is 2.11 bits per heavy atom. The summed E-state index contributed by atoms with van der Waals surface area (Å²) in [7, 11) is 0. The average molecular weight is 244 g/mol. The van der Waals surface area contributed by atoms with Crippen molar-refractivity contribution in [3.63, 3.8) is 0 Å². The third-order valence-electron chi connectivity index (χ3n) is 2.95. The molecule has 4 heteroatoms. The predicted molar refractivity (Wildman–Crippen MR) is 73.8 cm³/mol. The fraction of sp³-hybridized carbons (Fsp3) is 0.429. The summed E-state index contributed by atoms with van der Waals surface area (Å²) >= 11 is 0. The number of pyridine rings is 1. The molecule has 0 atom stereocenters. The van der Waals surface area contributed by atoms with Crippen molar-refractivity contribution in [2.24, 2.45) is 0 Å². The Balaban J connectivity index is 1.80. The fourth-order valence-corrected chi connectivity index (χ4v) is 2.01. The van der Waals surface area contributed by atoms with E-state index in [4.69, 9.17) is 0 Å². The van der Waals surface area contributed by atoms with E-state index in [2.05, 4.69) is 46.1 Å². The van der Waals surface area contributed by atoms with Gasteiger partial charge in [0.2, 0.25) is 0 Å². The van der Waals surface area contributed by atoms with Crippen LogP contribution in [0.15, 0.2) is 24.4 Å². The Labute approximate surface area is 108 Å². The summed E-state index contributed by atoms with van der Waals surface area (Å²) in [5.74, 6) is 0.978. The fourth-order valence-electron chi connectivity index (χ4n) is 2.01. The van der Waals surface area contributed by atoms with Crippen LogP contribution in [-0.4, -0.2) is 21.3 Å². The number of nitrogens with zero attached hydrogens (tertiary/aromatic N) is 3. The van der Waals surface area contributed by atoms with Crippen molar-refractivity contribution in [1.29, 1.82) is 0 Å². The number of rotatable bonds is 5. The van der Waals surface area contributed by atoms with Crippen molar-refractivity contribution in [2.45, 2.75) is 33.7 Å². The molecule has 0 aliphatic carbocycles. The van der Waals surface area contributed by atoms with E-state index in [1.165, 1.54) is 11.3 Å². The molecule has 0 amide bonds. The van der Waals surface area contributed by atoms with Crippen molar-refractivity contribution >= 4 is 5.82 Å². The normalized spacial score (nSPS) is 10.6. The van der Waals surface area contributed by atoms with Crippen LogP contribution in [0, 0.1) is 20.8 Å². The highest BCUT2D eigenvalue weighted by Crippen LogP contribution is 2.09. The number of anilines is 1. The van der Waals surface area contributed by atoms with E-state index < -0.39 is 0 Å². The monoisotopic (exact) mass is 244 g/mol. The van der Waals surface area contributed by atoms with Crippen LogP contribution in [0.5, 0.6) is 0 Å². The second-order valence-electron chi connectivity index (χ2n) is 4.60. The molecule has 0 aromatic carbocycles. The summed E-state index contributed by atoms with van der Waals surface area (Å²) < 4.78 is 2.06. The van der Waals surface area contributed by atoms with Crippen molar-refractivity contribution in [3.05, 3.63) is 41.3 Å². The minimum atomic E-state index is 0.913. The molecule has 0 bridgehead atoms. The Hall–Kier alpha value is -1.84. The average Bonchev–Trinajstić information content (AvgIpc) is 2.65. The summed E-state index contributed by atoms with van der Waals surface area (Å²) in [4.78, 5) is 4.31. The molecule has 0 fully saturated rings. The minimum absolute atomic E-state index is 0.913. The molecule has 2 rings (SSSR count). The zero-order chi connectivity index (χ0) is 13.0. The molecule has 0 saturated carbocycles. The largest absolute Gasteiger partial charge is 0.370 e. The van der Waals surface area contributed by atoms with Crippen molar-refractivity contribution in [1.82, 2.24) is 14.8 Å². The smallest absolute Gasteiger partial charge is 0.128 e. The van der Waals surface area contributed by atoms with Crippen molar-refractivity contribution < 1.29 is 0 Å². The van der Waals surface area contributed by atoms with E-state index in [-0.39, 0.29) is 0 Å². The topological polar surface area (TPSA) is 42.7 Å². The van der Waals surface area contributed by atoms with Gasteiger partial charge in [0.25, 0.3) is 0 Å². The van der Waals surface area contributed by atoms with Crippen molar-refractivity contribution in [2.75, 3.05) is 11.9 Å². The molecule has 1 N–H and O–H groups in total. The van der Waals surface area contributed by atoms with Crippen LogP contribution < -0.4 is 5.32 Å². The second kappa shape index (κ2) is 5.67. The maximum Gasteiger partial charge on any atom is 0.128 e. The number of hydrogen-bond donors (Lipinski definition) is 1. The summed E-state index contributed by atoms with van der Waals surface area (Å²) in [6.07, 6.45) is 2.86. The van der Waals surface area contributed by atoms with Gasteiger partial charge in [-0.25, -0.2) is 4.98 Å². The van der Waals surface area contributed by atoms with E-state index in [0.29, 0.717) is 0 Å². The molecule has 2 aromatic rings. The number of aryl methyl sites for hydroxylation is 4. The number of hydrogen-bond acceptors (Lipinski definition) is 3. The first kappa shape index (κ1) is 12.6. The molecule has 4 nitrogen and oxygen atoms in total. The molecule has 2 aromatic heterocycles. The van der Waals surface area contributed by atoms with Gasteiger partial charge in [-0.2, -0.15) is 5.10 Å². The maximum atomic E-state index is 4.45. The van der Waals surface area contributed by atoms with Crippen LogP contribution in [-0.2, 0) is 6.54 Å². The van der Waals surface area contributed by atoms with Gasteiger partial charge in [0.05, 0.1) is 5.69 Å². The van der Waals surface area contributed by atoms with Gasteiger partial charge in [0.15, 0.2) is 0 Å². The zero-order valence-corrected chi connectivity index (χ0v) is 11.3. The highest BCUT2D eigenvalue weighted by atomic mass is 15.3. The Bertz CT molecular complexity index is 516. The van der Waals surface area contributed by atoms with Crippen LogP contribution in [0.25, 0.3) is 0 Å². The van der Waals surface area contributed by atoms with E-state index >= 15 is 0 Å². The summed E-state index contributed by atoms with van der Waals surface area (Å²) in [5.41, 5.74) is 3.49. The predicted octanol–water partition coefficient (Wildman–Crippen LogP) is 2.71. The van der Waals surface area contributed by atoms with Crippen LogP contribution in [0.4, 0.5) is 5.82 Å². The lowest BCUT2D eigenvalue weighted by Gasteiger charge is -2.08. The molecular formula is C14H20N4. The van der Waals surface area contributed by atoms with Gasteiger partial charge in [-0.05, 0) is 44.9 Å². The molecule has 0 unspecified atom stereocenters. The third-order valence-corrected chi connectivity index (χ3v) is 2.95. The quantitative estimate of drug-likeness (QED) is 0.822. The van der Waals surface area contributed by atoms with Gasteiger partial charge in [-0.3, -0.25) is 4.68 Å². The van der Waals surface area contributed by atoms with E-state index in [9.17, 15) is 0 Å². The van der Waals surface area contributed by atoms with Crippen LogP contribution in [0.1, 0.15) is 23.4 Å². The Morgan fingerprint density at radius 3 is 2.78 bits per heavy atom. The maximum absolute atomic E-state index is 4.45. The van der Waals surface area contributed by atoms with Gasteiger partial charge in [-0.15, -0.1) is 0 Å². The van der Waals surface area contributed by atoms with Gasteiger partial charge < -0.3 is 5.32 Å². The lowest BCUT2D eigenvalue weighted by atomic mass is 10.3.